The number of nitrogens with two attached hydrogens (primary N) is 1. The third kappa shape index (κ3) is 8.11. The number of primary amides is 1. The van der Waals surface area contributed by atoms with Gasteiger partial charge in [0.25, 0.3) is 11.6 Å². The zero-order chi connectivity index (χ0) is 49.6. The highest BCUT2D eigenvalue weighted by atomic mass is 32.2. The average molecular weight is 1000 g/mol. The number of hydrogen-bond donors (Lipinski definition) is 3. The Labute approximate surface area is 419 Å². The number of likely N-dealkylation sites (tertiary alicyclic amines) is 1. The van der Waals surface area contributed by atoms with Crippen molar-refractivity contribution in [3.8, 4) is 11.6 Å². The number of aromatic nitrogens is 2. The van der Waals surface area contributed by atoms with Crippen molar-refractivity contribution >= 4 is 55.2 Å². The predicted octanol–water partition coefficient (Wildman–Crippen LogP) is 6.79. The predicted molar refractivity (Wildman–Crippen MR) is 274 cm³/mol. The van der Waals surface area contributed by atoms with Crippen molar-refractivity contribution in [1.29, 1.82) is 0 Å². The Kier molecular flexibility index (Phi) is 11.9. The fraction of sp³-hybridized carbons (Fsp3) is 0.509. The van der Waals surface area contributed by atoms with Crippen LogP contribution in [-0.4, -0.2) is 146 Å². The topological polar surface area (TPSA) is 205 Å². The number of piperidine rings is 1. The van der Waals surface area contributed by atoms with Gasteiger partial charge in [-0.15, -0.1) is 0 Å². The molecule has 1 spiro atoms. The van der Waals surface area contributed by atoms with Crippen LogP contribution in [0, 0.1) is 22.5 Å². The van der Waals surface area contributed by atoms with Crippen LogP contribution in [0.2, 0.25) is 0 Å². The number of piperazine rings is 1. The minimum absolute atomic E-state index is 0.0310. The molecule has 1 amide bonds. The maximum Gasteiger partial charge on any atom is 0.297 e. The maximum absolute atomic E-state index is 16.1. The summed E-state index contributed by atoms with van der Waals surface area (Å²) in [5.74, 6) is -0.528. The van der Waals surface area contributed by atoms with Gasteiger partial charge in [0, 0.05) is 87.7 Å². The number of H-pyrrole nitrogens is 1. The van der Waals surface area contributed by atoms with Gasteiger partial charge in [-0.05, 0) is 107 Å². The Morgan fingerprint density at radius 2 is 1.76 bits per heavy atom. The highest BCUT2D eigenvalue weighted by Gasteiger charge is 2.51. The van der Waals surface area contributed by atoms with Crippen molar-refractivity contribution in [2.24, 2.45) is 11.1 Å². The number of benzene rings is 3. The number of carbonyl (C=O) groups excluding carboxylic acids is 1. The van der Waals surface area contributed by atoms with E-state index in [0.717, 1.165) is 76.3 Å². The fourth-order valence-electron chi connectivity index (χ4n) is 13.1. The highest BCUT2D eigenvalue weighted by molar-refractivity contribution is 7.91. The number of rotatable bonds is 11. The zero-order valence-corrected chi connectivity index (χ0v) is 42.0. The number of nitro benzene ring substituents is 1. The van der Waals surface area contributed by atoms with Crippen molar-refractivity contribution in [3.63, 3.8) is 0 Å². The molecule has 0 bridgehead atoms. The second-order valence-electron chi connectivity index (χ2n) is 21.5. The van der Waals surface area contributed by atoms with E-state index in [4.69, 9.17) is 24.9 Å². The summed E-state index contributed by atoms with van der Waals surface area (Å²) in [6, 6.07) is 18.8. The first-order valence-corrected chi connectivity index (χ1v) is 27.2. The monoisotopic (exact) mass is 1000 g/mol. The van der Waals surface area contributed by atoms with Gasteiger partial charge in [0.05, 0.1) is 52.1 Å². The molecule has 380 valence electrons. The standard InChI is InChI=1S/C53H64N10O8S/c1-32(2)59-21-19-58(20-22-59)28-35-29-70-45-25-37(24-42(63(65)66)47(45)56-35)72(67,68)49-41(60-17-13-53(14-18-60)26-36(27-53)61-16-6-9-40(61)38-8-5-4-7-33(38)3)11-10-39(50(54)64)48(49)62-43-23-34-12-15-55-51(34)57-52(43)71-46-31-69-30-44(46)62/h4-5,7-8,10-12,15,23-25,32,35-36,40,44,46,56H,6,9,13-14,16-22,26-31H2,1-3H3,(H2,54,64)(H,55,57)/t35-,40+,44-,46-/m1/s1. The van der Waals surface area contributed by atoms with Crippen LogP contribution >= 0.6 is 0 Å². The molecule has 18 nitrogen and oxygen atoms in total. The largest absolute Gasteiger partial charge is 0.489 e. The number of amides is 1. The minimum Gasteiger partial charge on any atom is -0.489 e. The second kappa shape index (κ2) is 18.2. The van der Waals surface area contributed by atoms with Crippen LogP contribution in [0.4, 0.5) is 28.4 Å². The van der Waals surface area contributed by atoms with E-state index >= 15 is 8.42 Å². The van der Waals surface area contributed by atoms with Crippen LogP contribution in [0.3, 0.4) is 0 Å². The third-order valence-corrected chi connectivity index (χ3v) is 18.8. The van der Waals surface area contributed by atoms with Crippen molar-refractivity contribution in [2.75, 3.05) is 87.3 Å². The SMILES string of the molecule is Cc1ccccc1[C@@H]1CCCN1C1CC2(CCN(c3ccc(C(N)=O)c(N4c5cc6cc[nH]c6nc5O[C@@H]5COC[C@H]54)c3S(=O)(=O)c3cc4c(c([N+](=O)[O-])c3)N[C@H](CN3CCN(C(C)C)CC3)CO4)CC2)C1. The minimum atomic E-state index is -4.76. The average Bonchev–Trinajstić information content (AvgIpc) is 4.16. The molecule has 72 heavy (non-hydrogen) atoms. The fourth-order valence-corrected chi connectivity index (χ4v) is 14.8. The summed E-state index contributed by atoms with van der Waals surface area (Å²) >= 11 is 0. The first-order chi connectivity index (χ1) is 34.7. The van der Waals surface area contributed by atoms with Crippen molar-refractivity contribution in [1.82, 2.24) is 24.7 Å². The van der Waals surface area contributed by atoms with Crippen LogP contribution in [0.5, 0.6) is 11.6 Å². The number of aromatic amines is 1. The number of nitrogens with one attached hydrogen (secondary N) is 2. The van der Waals surface area contributed by atoms with Gasteiger partial charge < -0.3 is 40.0 Å². The van der Waals surface area contributed by atoms with Gasteiger partial charge in [-0.1, -0.05) is 24.3 Å². The summed E-state index contributed by atoms with van der Waals surface area (Å²) in [7, 11) is -4.76. The van der Waals surface area contributed by atoms with Crippen LogP contribution in [-0.2, 0) is 14.6 Å². The molecule has 1 saturated carbocycles. The van der Waals surface area contributed by atoms with E-state index in [1.54, 1.807) is 18.3 Å². The number of ether oxygens (including phenoxy) is 3. The quantitative estimate of drug-likeness (QED) is 0.0920. The van der Waals surface area contributed by atoms with Crippen molar-refractivity contribution in [2.45, 2.75) is 105 Å². The summed E-state index contributed by atoms with van der Waals surface area (Å²) in [5.41, 5.74) is 10.3. The number of aryl methyl sites for hydroxylation is 1. The van der Waals surface area contributed by atoms with E-state index in [2.05, 4.69) is 74.9 Å². The van der Waals surface area contributed by atoms with E-state index in [-0.39, 0.29) is 69.6 Å². The Hall–Kier alpha value is -5.99. The number of pyridine rings is 1. The van der Waals surface area contributed by atoms with Crippen LogP contribution in [0.1, 0.15) is 79.9 Å². The van der Waals surface area contributed by atoms with Crippen LogP contribution < -0.4 is 30.3 Å². The molecular formula is C53H64N10O8S. The van der Waals surface area contributed by atoms with Crippen molar-refractivity contribution < 1.29 is 32.3 Å². The Balaban J connectivity index is 0.923. The Morgan fingerprint density at radius 3 is 2.51 bits per heavy atom. The van der Waals surface area contributed by atoms with Gasteiger partial charge in [0.2, 0.25) is 15.7 Å². The smallest absolute Gasteiger partial charge is 0.297 e. The van der Waals surface area contributed by atoms with Gasteiger partial charge in [-0.3, -0.25) is 29.6 Å². The highest BCUT2D eigenvalue weighted by Crippen LogP contribution is 2.56. The molecule has 3 aromatic carbocycles. The summed E-state index contributed by atoms with van der Waals surface area (Å²) in [5, 5.41) is 17.2. The van der Waals surface area contributed by atoms with E-state index < -0.39 is 38.5 Å². The molecule has 4 atom stereocenters. The molecule has 6 aliphatic heterocycles. The molecule has 0 unspecified atom stereocenters. The summed E-state index contributed by atoms with van der Waals surface area (Å²) in [6.07, 6.45) is 7.39. The zero-order valence-electron chi connectivity index (χ0n) is 41.2. The van der Waals surface area contributed by atoms with E-state index in [1.165, 1.54) is 23.6 Å². The molecular weight excluding hydrogens is 937 g/mol. The van der Waals surface area contributed by atoms with E-state index in [9.17, 15) is 14.9 Å². The lowest BCUT2D eigenvalue weighted by Gasteiger charge is -2.56. The molecule has 19 heteroatoms. The lowest BCUT2D eigenvalue weighted by Crippen LogP contribution is -2.55. The molecule has 12 rings (SSSR count). The summed E-state index contributed by atoms with van der Waals surface area (Å²) in [6.45, 7) is 13.5. The molecule has 4 saturated heterocycles. The number of nitro groups is 1. The van der Waals surface area contributed by atoms with Gasteiger partial charge in [0.1, 0.15) is 28.9 Å². The first kappa shape index (κ1) is 47.0. The summed E-state index contributed by atoms with van der Waals surface area (Å²) in [4.78, 5) is 45.3. The number of carbonyl (C=O) groups is 1. The molecule has 2 aromatic heterocycles. The number of hydrogen-bond acceptors (Lipinski definition) is 15. The summed E-state index contributed by atoms with van der Waals surface area (Å²) < 4.78 is 51.0. The molecule has 1 aliphatic carbocycles. The normalized spacial score (nSPS) is 24.6. The van der Waals surface area contributed by atoms with E-state index in [0.29, 0.717) is 54.8 Å². The Bertz CT molecular complexity index is 3050. The maximum atomic E-state index is 16.1. The number of anilines is 4. The van der Waals surface area contributed by atoms with Gasteiger partial charge in [-0.2, -0.15) is 4.98 Å². The van der Waals surface area contributed by atoms with E-state index in [1.807, 2.05) is 17.0 Å². The lowest BCUT2D eigenvalue weighted by atomic mass is 9.59. The number of nitrogens with zero attached hydrogens (tertiary/aromatic N) is 7. The molecule has 7 aliphatic rings. The molecule has 4 N–H and O–H groups in total. The molecule has 0 radical (unpaired) electrons. The third-order valence-electron chi connectivity index (χ3n) is 17.0. The lowest BCUT2D eigenvalue weighted by molar-refractivity contribution is -0.384. The molecule has 5 aromatic rings. The van der Waals surface area contributed by atoms with Crippen LogP contribution in [0.15, 0.2) is 76.7 Å². The van der Waals surface area contributed by atoms with Crippen molar-refractivity contribution in [3.05, 3.63) is 93.7 Å². The second-order valence-corrected chi connectivity index (χ2v) is 23.4. The first-order valence-electron chi connectivity index (χ1n) is 25.7. The van der Waals surface area contributed by atoms with Gasteiger partial charge >= 0.3 is 0 Å². The number of fused-ring (bicyclic) bond motifs is 4. The molecule has 5 fully saturated rings. The van der Waals surface area contributed by atoms with Gasteiger partial charge in [0.15, 0.2) is 11.4 Å². The molecule has 8 heterocycles. The van der Waals surface area contributed by atoms with Gasteiger partial charge in [-0.25, -0.2) is 8.42 Å². The number of sulfone groups is 1. The van der Waals surface area contributed by atoms with Crippen LogP contribution in [0.25, 0.3) is 11.0 Å². The Morgan fingerprint density at radius 1 is 0.972 bits per heavy atom.